The van der Waals surface area contributed by atoms with Crippen molar-refractivity contribution in [3.05, 3.63) is 29.8 Å². The predicted octanol–water partition coefficient (Wildman–Crippen LogP) is 3.25. The number of benzene rings is 1. The lowest BCUT2D eigenvalue weighted by molar-refractivity contribution is -0.136. The molecule has 140 valence electrons. The van der Waals surface area contributed by atoms with Crippen molar-refractivity contribution < 1.29 is 14.4 Å². The number of hydrogen-bond donors (Lipinski definition) is 2. The highest BCUT2D eigenvalue weighted by atomic mass is 16.2. The van der Waals surface area contributed by atoms with E-state index in [2.05, 4.69) is 24.5 Å². The van der Waals surface area contributed by atoms with Crippen LogP contribution < -0.4 is 10.6 Å². The fourth-order valence-electron chi connectivity index (χ4n) is 4.09. The number of nitrogens with zero attached hydrogens (tertiary/aromatic N) is 1. The fourth-order valence-corrected chi connectivity index (χ4v) is 4.09. The Morgan fingerprint density at radius 2 is 2.04 bits per heavy atom. The van der Waals surface area contributed by atoms with Gasteiger partial charge in [-0.2, -0.15) is 0 Å². The van der Waals surface area contributed by atoms with Crippen LogP contribution in [-0.2, 0) is 9.59 Å². The number of carbonyl (C=O) groups excluding carboxylic acids is 3. The molecule has 1 saturated heterocycles. The standard InChI is InChI=1S/C20H27N3O3/c1-13(2)15-9-4-5-10-16(15)21-17(24)12-23-18(25)20(22-19(23)26)11-7-6-8-14(20)3/h4-5,9-10,13-14H,6-8,11-12H2,1-3H3,(H,21,24)(H,22,26). The van der Waals surface area contributed by atoms with Gasteiger partial charge in [-0.3, -0.25) is 14.5 Å². The first-order valence-electron chi connectivity index (χ1n) is 9.38. The van der Waals surface area contributed by atoms with Crippen LogP contribution >= 0.6 is 0 Å². The van der Waals surface area contributed by atoms with Gasteiger partial charge in [-0.1, -0.05) is 51.8 Å². The molecule has 1 aliphatic heterocycles. The van der Waals surface area contributed by atoms with Gasteiger partial charge in [-0.05, 0) is 36.3 Å². The van der Waals surface area contributed by atoms with Crippen LogP contribution in [0, 0.1) is 5.92 Å². The number of imide groups is 1. The molecular formula is C20H27N3O3. The molecule has 6 heteroatoms. The van der Waals surface area contributed by atoms with Crippen LogP contribution in [0.2, 0.25) is 0 Å². The van der Waals surface area contributed by atoms with Crippen molar-refractivity contribution in [3.63, 3.8) is 0 Å². The molecule has 2 aliphatic rings. The van der Waals surface area contributed by atoms with Crippen molar-refractivity contribution >= 4 is 23.5 Å². The van der Waals surface area contributed by atoms with Gasteiger partial charge >= 0.3 is 6.03 Å². The lowest BCUT2D eigenvalue weighted by Gasteiger charge is -2.36. The maximum Gasteiger partial charge on any atom is 0.325 e. The Hall–Kier alpha value is -2.37. The van der Waals surface area contributed by atoms with Crippen molar-refractivity contribution in [2.45, 2.75) is 57.9 Å². The molecule has 1 spiro atoms. The number of carbonyl (C=O) groups is 3. The third-order valence-corrected chi connectivity index (χ3v) is 5.66. The Balaban J connectivity index is 1.72. The van der Waals surface area contributed by atoms with Crippen LogP contribution in [0.3, 0.4) is 0 Å². The van der Waals surface area contributed by atoms with Gasteiger partial charge in [0, 0.05) is 5.69 Å². The molecule has 0 bridgehead atoms. The van der Waals surface area contributed by atoms with Gasteiger partial charge in [0.1, 0.15) is 12.1 Å². The van der Waals surface area contributed by atoms with Gasteiger partial charge in [0.2, 0.25) is 5.91 Å². The Labute approximate surface area is 154 Å². The van der Waals surface area contributed by atoms with Gasteiger partial charge < -0.3 is 10.6 Å². The summed E-state index contributed by atoms with van der Waals surface area (Å²) in [6.45, 7) is 5.85. The average Bonchev–Trinajstić information content (AvgIpc) is 2.83. The lowest BCUT2D eigenvalue weighted by Crippen LogP contribution is -2.54. The molecule has 2 atom stereocenters. The third kappa shape index (κ3) is 3.20. The second-order valence-corrected chi connectivity index (χ2v) is 7.73. The molecular weight excluding hydrogens is 330 g/mol. The molecule has 1 saturated carbocycles. The van der Waals surface area contributed by atoms with E-state index >= 15 is 0 Å². The number of nitrogens with one attached hydrogen (secondary N) is 2. The molecule has 4 amide bonds. The van der Waals surface area contributed by atoms with Crippen molar-refractivity contribution in [3.8, 4) is 0 Å². The number of amides is 4. The van der Waals surface area contributed by atoms with E-state index in [4.69, 9.17) is 0 Å². The smallest absolute Gasteiger partial charge is 0.324 e. The van der Waals surface area contributed by atoms with Crippen LogP contribution in [-0.4, -0.2) is 34.8 Å². The van der Waals surface area contributed by atoms with Gasteiger partial charge in [0.05, 0.1) is 0 Å². The quantitative estimate of drug-likeness (QED) is 0.812. The largest absolute Gasteiger partial charge is 0.325 e. The van der Waals surface area contributed by atoms with E-state index in [-0.39, 0.29) is 30.2 Å². The summed E-state index contributed by atoms with van der Waals surface area (Å²) in [5.74, 6) is -0.277. The van der Waals surface area contributed by atoms with Crippen molar-refractivity contribution in [2.24, 2.45) is 5.92 Å². The number of para-hydroxylation sites is 1. The van der Waals surface area contributed by atoms with Crippen LogP contribution in [0.25, 0.3) is 0 Å². The van der Waals surface area contributed by atoms with Crippen LogP contribution in [0.5, 0.6) is 0 Å². The number of anilines is 1. The molecule has 0 radical (unpaired) electrons. The number of hydrogen-bond acceptors (Lipinski definition) is 3. The minimum absolute atomic E-state index is 0.0856. The lowest BCUT2D eigenvalue weighted by atomic mass is 9.73. The summed E-state index contributed by atoms with van der Waals surface area (Å²) in [5.41, 5.74) is 0.918. The first kappa shape index (κ1) is 18.4. The van der Waals surface area contributed by atoms with E-state index in [0.717, 1.165) is 35.4 Å². The van der Waals surface area contributed by atoms with Crippen LogP contribution in [0.15, 0.2) is 24.3 Å². The minimum Gasteiger partial charge on any atom is -0.324 e. The fraction of sp³-hybridized carbons (Fsp3) is 0.550. The monoisotopic (exact) mass is 357 g/mol. The molecule has 2 N–H and O–H groups in total. The molecule has 6 nitrogen and oxygen atoms in total. The summed E-state index contributed by atoms with van der Waals surface area (Å²) in [5, 5.41) is 5.72. The zero-order valence-electron chi connectivity index (χ0n) is 15.7. The van der Waals surface area contributed by atoms with E-state index in [1.165, 1.54) is 0 Å². The number of rotatable bonds is 4. The van der Waals surface area contributed by atoms with Crippen molar-refractivity contribution in [1.82, 2.24) is 10.2 Å². The van der Waals surface area contributed by atoms with Gasteiger partial charge in [0.15, 0.2) is 0 Å². The molecule has 1 aromatic rings. The Morgan fingerprint density at radius 1 is 1.31 bits per heavy atom. The van der Waals surface area contributed by atoms with E-state index < -0.39 is 11.6 Å². The van der Waals surface area contributed by atoms with Crippen molar-refractivity contribution in [1.29, 1.82) is 0 Å². The summed E-state index contributed by atoms with van der Waals surface area (Å²) in [6.07, 6.45) is 3.54. The Morgan fingerprint density at radius 3 is 2.73 bits per heavy atom. The van der Waals surface area contributed by atoms with Gasteiger partial charge in [0.25, 0.3) is 5.91 Å². The SMILES string of the molecule is CC(C)c1ccccc1NC(=O)CN1C(=O)NC2(CCCCC2C)C1=O. The summed E-state index contributed by atoms with van der Waals surface area (Å²) in [4.78, 5) is 38.9. The second kappa shape index (κ2) is 7.09. The number of urea groups is 1. The molecule has 1 heterocycles. The second-order valence-electron chi connectivity index (χ2n) is 7.73. The van der Waals surface area contributed by atoms with Crippen LogP contribution in [0.1, 0.15) is 57.9 Å². The molecule has 2 unspecified atom stereocenters. The highest BCUT2D eigenvalue weighted by Crippen LogP contribution is 2.38. The highest BCUT2D eigenvalue weighted by Gasteiger charge is 2.55. The Bertz CT molecular complexity index is 731. The van der Waals surface area contributed by atoms with E-state index in [1.807, 2.05) is 31.2 Å². The summed E-state index contributed by atoms with van der Waals surface area (Å²) in [6, 6.07) is 7.12. The highest BCUT2D eigenvalue weighted by molar-refractivity contribution is 6.10. The molecule has 26 heavy (non-hydrogen) atoms. The van der Waals surface area contributed by atoms with E-state index in [9.17, 15) is 14.4 Å². The Kier molecular flexibility index (Phi) is 5.03. The van der Waals surface area contributed by atoms with Crippen LogP contribution in [0.4, 0.5) is 10.5 Å². The summed E-state index contributed by atoms with van der Waals surface area (Å²) in [7, 11) is 0. The molecule has 3 rings (SSSR count). The summed E-state index contributed by atoms with van der Waals surface area (Å²) >= 11 is 0. The summed E-state index contributed by atoms with van der Waals surface area (Å²) < 4.78 is 0. The first-order chi connectivity index (χ1) is 12.3. The predicted molar refractivity (Wildman–Crippen MR) is 99.8 cm³/mol. The maximum absolute atomic E-state index is 12.9. The minimum atomic E-state index is -0.828. The molecule has 2 fully saturated rings. The maximum atomic E-state index is 12.9. The van der Waals surface area contributed by atoms with E-state index in [1.54, 1.807) is 0 Å². The molecule has 0 aromatic heterocycles. The first-order valence-corrected chi connectivity index (χ1v) is 9.38. The van der Waals surface area contributed by atoms with Crippen molar-refractivity contribution in [2.75, 3.05) is 11.9 Å². The molecule has 1 aliphatic carbocycles. The third-order valence-electron chi connectivity index (χ3n) is 5.66. The van der Waals surface area contributed by atoms with Gasteiger partial charge in [-0.25, -0.2) is 4.79 Å². The topological polar surface area (TPSA) is 78.5 Å². The average molecular weight is 357 g/mol. The van der Waals surface area contributed by atoms with Gasteiger partial charge in [-0.15, -0.1) is 0 Å². The zero-order chi connectivity index (χ0) is 18.9. The zero-order valence-corrected chi connectivity index (χ0v) is 15.7. The normalized spacial score (nSPS) is 25.7. The van der Waals surface area contributed by atoms with E-state index in [0.29, 0.717) is 6.42 Å². The molecule has 1 aromatic carbocycles.